The monoisotopic (exact) mass is 502 g/mol. The molecule has 37 heavy (non-hydrogen) atoms. The Morgan fingerprint density at radius 3 is 1.92 bits per heavy atom. The molecule has 2 heterocycles. The van der Waals surface area contributed by atoms with Gasteiger partial charge in [-0.3, -0.25) is 9.59 Å². The first kappa shape index (κ1) is 24.1. The van der Waals surface area contributed by atoms with Gasteiger partial charge in [-0.2, -0.15) is 0 Å². The average Bonchev–Trinajstić information content (AvgIpc) is 3.13. The minimum absolute atomic E-state index is 0.206. The van der Waals surface area contributed by atoms with E-state index in [9.17, 15) is 19.2 Å². The number of ether oxygens (including phenoxy) is 5. The highest BCUT2D eigenvalue weighted by molar-refractivity contribution is 6.00. The van der Waals surface area contributed by atoms with Crippen molar-refractivity contribution < 1.29 is 42.9 Å². The second-order valence-corrected chi connectivity index (χ2v) is 8.57. The van der Waals surface area contributed by atoms with Crippen LogP contribution in [0.25, 0.3) is 0 Å². The number of rotatable bonds is 5. The third kappa shape index (κ3) is 4.08. The summed E-state index contributed by atoms with van der Waals surface area (Å²) in [4.78, 5) is 48.7. The lowest BCUT2D eigenvalue weighted by molar-refractivity contribution is -0.132. The van der Waals surface area contributed by atoms with Crippen LogP contribution < -0.4 is 14.2 Å². The summed E-state index contributed by atoms with van der Waals surface area (Å²) >= 11 is 0. The van der Waals surface area contributed by atoms with E-state index in [1.54, 1.807) is 36.4 Å². The highest BCUT2D eigenvalue weighted by Crippen LogP contribution is 2.57. The van der Waals surface area contributed by atoms with Gasteiger partial charge in [0.1, 0.15) is 23.0 Å². The second kappa shape index (κ2) is 9.09. The SMILES string of the molecule is CCCOC(=O)c1ccc2c(c1)C(=O)OC21c2ccc(OC(C)=O)cc2Oc2cc(OC(C)=O)ccc21. The van der Waals surface area contributed by atoms with Crippen molar-refractivity contribution in [3.63, 3.8) is 0 Å². The summed E-state index contributed by atoms with van der Waals surface area (Å²) in [5.41, 5.74) is 0.483. The molecule has 0 N–H and O–H groups in total. The molecule has 0 unspecified atom stereocenters. The molecule has 0 aromatic heterocycles. The molecule has 0 saturated carbocycles. The van der Waals surface area contributed by atoms with Crippen molar-refractivity contribution in [1.82, 2.24) is 0 Å². The molecule has 3 aromatic carbocycles. The Morgan fingerprint density at radius 1 is 0.811 bits per heavy atom. The van der Waals surface area contributed by atoms with Crippen LogP contribution >= 0.6 is 0 Å². The quantitative estimate of drug-likeness (QED) is 0.363. The minimum Gasteiger partial charge on any atom is -0.462 e. The molecular formula is C28H22O9. The zero-order valence-corrected chi connectivity index (χ0v) is 20.3. The summed E-state index contributed by atoms with van der Waals surface area (Å²) in [5, 5.41) is 0. The Hall–Kier alpha value is -4.66. The van der Waals surface area contributed by atoms with Crippen LogP contribution in [-0.4, -0.2) is 30.5 Å². The van der Waals surface area contributed by atoms with Gasteiger partial charge in [0.25, 0.3) is 0 Å². The van der Waals surface area contributed by atoms with Gasteiger partial charge in [-0.25, -0.2) is 9.59 Å². The van der Waals surface area contributed by atoms with Crippen LogP contribution in [0, 0.1) is 0 Å². The van der Waals surface area contributed by atoms with Crippen molar-refractivity contribution in [3.8, 4) is 23.0 Å². The molecule has 0 aliphatic carbocycles. The maximum absolute atomic E-state index is 13.2. The van der Waals surface area contributed by atoms with E-state index in [-0.39, 0.29) is 40.7 Å². The van der Waals surface area contributed by atoms with Crippen molar-refractivity contribution in [2.75, 3.05) is 6.61 Å². The summed E-state index contributed by atoms with van der Waals surface area (Å²) in [6.45, 7) is 4.70. The molecule has 1 spiro atoms. The Labute approximate surface area is 211 Å². The first-order chi connectivity index (χ1) is 17.7. The molecule has 0 fully saturated rings. The molecule has 0 radical (unpaired) electrons. The van der Waals surface area contributed by atoms with Crippen molar-refractivity contribution in [3.05, 3.63) is 82.4 Å². The van der Waals surface area contributed by atoms with Gasteiger partial charge < -0.3 is 23.7 Å². The van der Waals surface area contributed by atoms with E-state index in [1.165, 1.54) is 32.0 Å². The minimum atomic E-state index is -1.43. The van der Waals surface area contributed by atoms with Crippen molar-refractivity contribution in [2.45, 2.75) is 32.8 Å². The highest BCUT2D eigenvalue weighted by atomic mass is 16.6. The molecule has 0 amide bonds. The molecule has 0 bridgehead atoms. The zero-order valence-electron chi connectivity index (χ0n) is 20.3. The van der Waals surface area contributed by atoms with Gasteiger partial charge in [0.05, 0.1) is 17.7 Å². The van der Waals surface area contributed by atoms with Crippen LogP contribution in [0.5, 0.6) is 23.0 Å². The third-order valence-corrected chi connectivity index (χ3v) is 5.95. The highest BCUT2D eigenvalue weighted by Gasteiger charge is 2.54. The third-order valence-electron chi connectivity index (χ3n) is 5.95. The number of benzene rings is 3. The molecule has 9 nitrogen and oxygen atoms in total. The molecule has 0 atom stereocenters. The van der Waals surface area contributed by atoms with Gasteiger partial charge in [0.15, 0.2) is 5.60 Å². The summed E-state index contributed by atoms with van der Waals surface area (Å²) in [5.74, 6) is -1.17. The molecular weight excluding hydrogens is 480 g/mol. The topological polar surface area (TPSA) is 114 Å². The Morgan fingerprint density at radius 2 is 1.38 bits per heavy atom. The van der Waals surface area contributed by atoms with Gasteiger partial charge in [-0.05, 0) is 42.8 Å². The van der Waals surface area contributed by atoms with Gasteiger partial charge in [0.2, 0.25) is 0 Å². The van der Waals surface area contributed by atoms with Crippen molar-refractivity contribution in [1.29, 1.82) is 0 Å². The molecule has 2 aliphatic rings. The van der Waals surface area contributed by atoms with Gasteiger partial charge in [-0.1, -0.05) is 13.0 Å². The lowest BCUT2D eigenvalue weighted by Crippen LogP contribution is -2.33. The number of carbonyl (C=O) groups excluding carboxylic acids is 4. The van der Waals surface area contributed by atoms with E-state index in [0.29, 0.717) is 23.1 Å². The zero-order chi connectivity index (χ0) is 26.3. The number of esters is 4. The summed E-state index contributed by atoms with van der Waals surface area (Å²) in [6.07, 6.45) is 0.667. The second-order valence-electron chi connectivity index (χ2n) is 8.57. The predicted octanol–water partition coefficient (Wildman–Crippen LogP) is 4.67. The predicted molar refractivity (Wildman–Crippen MR) is 128 cm³/mol. The van der Waals surface area contributed by atoms with E-state index in [4.69, 9.17) is 23.7 Å². The van der Waals surface area contributed by atoms with Gasteiger partial charge in [0, 0.05) is 42.7 Å². The Kier molecular flexibility index (Phi) is 5.91. The first-order valence-corrected chi connectivity index (χ1v) is 11.6. The summed E-state index contributed by atoms with van der Waals surface area (Å²) < 4.78 is 27.8. The van der Waals surface area contributed by atoms with Gasteiger partial charge in [-0.15, -0.1) is 0 Å². The largest absolute Gasteiger partial charge is 0.462 e. The van der Waals surface area contributed by atoms with Crippen LogP contribution in [0.4, 0.5) is 0 Å². The fourth-order valence-corrected chi connectivity index (χ4v) is 4.55. The maximum atomic E-state index is 13.2. The number of carbonyl (C=O) groups is 4. The Balaban J connectivity index is 1.70. The molecule has 9 heteroatoms. The standard InChI is InChI=1S/C28H22O9/c1-4-11-33-26(31)17-5-8-21-20(12-17)27(32)37-28(21)22-9-6-18(34-15(2)29)13-24(22)36-25-14-19(35-16(3)30)7-10-23(25)28/h5-10,12-14H,4,11H2,1-3H3. The van der Waals surface area contributed by atoms with E-state index >= 15 is 0 Å². The smallest absolute Gasteiger partial charge is 0.340 e. The van der Waals surface area contributed by atoms with Crippen LogP contribution in [0.1, 0.15) is 64.6 Å². The first-order valence-electron chi connectivity index (χ1n) is 11.6. The normalized spacial score (nSPS) is 14.0. The van der Waals surface area contributed by atoms with Crippen LogP contribution in [0.2, 0.25) is 0 Å². The molecule has 5 rings (SSSR count). The number of fused-ring (bicyclic) bond motifs is 6. The average molecular weight is 502 g/mol. The fourth-order valence-electron chi connectivity index (χ4n) is 4.55. The van der Waals surface area contributed by atoms with Crippen molar-refractivity contribution >= 4 is 23.9 Å². The van der Waals surface area contributed by atoms with E-state index < -0.39 is 29.5 Å². The van der Waals surface area contributed by atoms with Crippen LogP contribution in [0.15, 0.2) is 54.6 Å². The van der Waals surface area contributed by atoms with Crippen molar-refractivity contribution in [2.24, 2.45) is 0 Å². The molecule has 2 aliphatic heterocycles. The number of hydrogen-bond donors (Lipinski definition) is 0. The fraction of sp³-hybridized carbons (Fsp3) is 0.214. The van der Waals surface area contributed by atoms with E-state index in [0.717, 1.165) is 0 Å². The lowest BCUT2D eigenvalue weighted by Gasteiger charge is -2.36. The van der Waals surface area contributed by atoms with Gasteiger partial charge >= 0.3 is 23.9 Å². The lowest BCUT2D eigenvalue weighted by atomic mass is 9.77. The van der Waals surface area contributed by atoms with E-state index in [1.807, 2.05) is 6.92 Å². The van der Waals surface area contributed by atoms with Crippen LogP contribution in [0.3, 0.4) is 0 Å². The molecule has 188 valence electrons. The molecule has 0 saturated heterocycles. The summed E-state index contributed by atoms with van der Waals surface area (Å²) in [7, 11) is 0. The van der Waals surface area contributed by atoms with Crippen LogP contribution in [-0.2, 0) is 24.7 Å². The number of hydrogen-bond acceptors (Lipinski definition) is 9. The molecule has 3 aromatic rings. The maximum Gasteiger partial charge on any atom is 0.340 e. The summed E-state index contributed by atoms with van der Waals surface area (Å²) in [6, 6.07) is 14.2. The Bertz CT molecular complexity index is 1400. The van der Waals surface area contributed by atoms with E-state index in [2.05, 4.69) is 0 Å².